The third-order valence-corrected chi connectivity index (χ3v) is 3.07. The lowest BCUT2D eigenvalue weighted by Gasteiger charge is -2.09. The van der Waals surface area contributed by atoms with Crippen LogP contribution in [0.4, 0.5) is 0 Å². The molecule has 0 aliphatic carbocycles. The van der Waals surface area contributed by atoms with Crippen LogP contribution in [0.3, 0.4) is 0 Å². The van der Waals surface area contributed by atoms with Gasteiger partial charge in [-0.1, -0.05) is 13.0 Å². The van der Waals surface area contributed by atoms with Crippen LogP contribution in [-0.4, -0.2) is 24.0 Å². The van der Waals surface area contributed by atoms with E-state index in [9.17, 15) is 4.79 Å². The highest BCUT2D eigenvalue weighted by Crippen LogP contribution is 2.14. The van der Waals surface area contributed by atoms with E-state index in [1.54, 1.807) is 0 Å². The molecule has 1 aromatic carbocycles. The van der Waals surface area contributed by atoms with Crippen LogP contribution in [0.25, 0.3) is 11.1 Å². The lowest BCUT2D eigenvalue weighted by Crippen LogP contribution is -2.28. The molecule has 1 heterocycles. The van der Waals surface area contributed by atoms with E-state index in [1.807, 2.05) is 25.1 Å². The number of nitrogens with two attached hydrogens (primary N) is 1. The van der Waals surface area contributed by atoms with Crippen LogP contribution in [-0.2, 0) is 11.2 Å². The van der Waals surface area contributed by atoms with Crippen molar-refractivity contribution in [3.05, 3.63) is 30.2 Å². The Labute approximate surface area is 112 Å². The highest BCUT2D eigenvalue weighted by Gasteiger charge is 2.07. The number of carbonyl (C=O) groups is 1. The average Bonchev–Trinajstić information content (AvgIpc) is 2.86. The highest BCUT2D eigenvalue weighted by atomic mass is 16.3. The summed E-state index contributed by atoms with van der Waals surface area (Å²) in [6.45, 7) is 3.13. The van der Waals surface area contributed by atoms with E-state index in [0.29, 0.717) is 19.5 Å². The minimum Gasteiger partial charge on any atom is -0.443 e. The summed E-state index contributed by atoms with van der Waals surface area (Å²) in [6.07, 6.45) is 2.70. The molecule has 0 saturated carbocycles. The first kappa shape index (κ1) is 13.5. The Balaban J connectivity index is 1.80. The summed E-state index contributed by atoms with van der Waals surface area (Å²) < 4.78 is 5.24. The standard InChI is InChI=1S/C14H19N3O2/c1-10(8-15)6-14(18)16-5-4-11-2-3-12-13(7-11)19-9-17-12/h2-3,7,9-10H,4-6,8,15H2,1H3,(H,16,18). The van der Waals surface area contributed by atoms with Crippen molar-refractivity contribution >= 4 is 17.0 Å². The van der Waals surface area contributed by atoms with Gasteiger partial charge in [-0.3, -0.25) is 4.79 Å². The zero-order chi connectivity index (χ0) is 13.7. The fourth-order valence-corrected chi connectivity index (χ4v) is 1.87. The molecule has 0 fully saturated rings. The summed E-state index contributed by atoms with van der Waals surface area (Å²) in [5.41, 5.74) is 8.24. The summed E-state index contributed by atoms with van der Waals surface area (Å²) >= 11 is 0. The van der Waals surface area contributed by atoms with E-state index in [4.69, 9.17) is 10.2 Å². The molecule has 3 N–H and O–H groups in total. The van der Waals surface area contributed by atoms with Crippen LogP contribution in [0, 0.1) is 5.92 Å². The third kappa shape index (κ3) is 3.79. The van der Waals surface area contributed by atoms with Crippen LogP contribution in [0.2, 0.25) is 0 Å². The van der Waals surface area contributed by atoms with Crippen molar-refractivity contribution in [3.8, 4) is 0 Å². The smallest absolute Gasteiger partial charge is 0.220 e. The van der Waals surface area contributed by atoms with Gasteiger partial charge in [-0.05, 0) is 36.6 Å². The second-order valence-corrected chi connectivity index (χ2v) is 4.80. The second-order valence-electron chi connectivity index (χ2n) is 4.80. The molecule has 2 rings (SSSR count). The number of nitrogens with one attached hydrogen (secondary N) is 1. The van der Waals surface area contributed by atoms with E-state index in [-0.39, 0.29) is 11.8 Å². The molecule has 1 aromatic heterocycles. The van der Waals surface area contributed by atoms with Gasteiger partial charge in [-0.15, -0.1) is 0 Å². The normalized spacial score (nSPS) is 12.5. The van der Waals surface area contributed by atoms with Crippen molar-refractivity contribution in [1.29, 1.82) is 0 Å². The van der Waals surface area contributed by atoms with Gasteiger partial charge in [0.05, 0.1) is 0 Å². The monoisotopic (exact) mass is 261 g/mol. The summed E-state index contributed by atoms with van der Waals surface area (Å²) in [7, 11) is 0. The fourth-order valence-electron chi connectivity index (χ4n) is 1.87. The van der Waals surface area contributed by atoms with Gasteiger partial charge >= 0.3 is 0 Å². The molecule has 1 amide bonds. The maximum atomic E-state index is 11.6. The Morgan fingerprint density at radius 3 is 3.16 bits per heavy atom. The zero-order valence-electron chi connectivity index (χ0n) is 11.1. The number of oxazole rings is 1. The Bertz CT molecular complexity index is 550. The molecule has 0 spiro atoms. The summed E-state index contributed by atoms with van der Waals surface area (Å²) in [4.78, 5) is 15.6. The number of hydrogen-bond acceptors (Lipinski definition) is 4. The van der Waals surface area contributed by atoms with Gasteiger partial charge in [-0.2, -0.15) is 0 Å². The van der Waals surface area contributed by atoms with Crippen molar-refractivity contribution in [2.24, 2.45) is 11.7 Å². The van der Waals surface area contributed by atoms with Gasteiger partial charge in [-0.25, -0.2) is 4.98 Å². The first-order valence-corrected chi connectivity index (χ1v) is 6.48. The molecule has 0 aliphatic rings. The van der Waals surface area contributed by atoms with Crippen LogP contribution in [0.5, 0.6) is 0 Å². The number of rotatable bonds is 6. The maximum absolute atomic E-state index is 11.6. The van der Waals surface area contributed by atoms with E-state index in [1.165, 1.54) is 6.39 Å². The molecule has 0 saturated heterocycles. The summed E-state index contributed by atoms with van der Waals surface area (Å²) in [5.74, 6) is 0.282. The molecule has 0 bridgehead atoms. The molecular weight excluding hydrogens is 242 g/mol. The quantitative estimate of drug-likeness (QED) is 0.825. The van der Waals surface area contributed by atoms with Crippen molar-refractivity contribution < 1.29 is 9.21 Å². The van der Waals surface area contributed by atoms with Gasteiger partial charge in [0.2, 0.25) is 5.91 Å². The highest BCUT2D eigenvalue weighted by molar-refractivity contribution is 5.76. The minimum absolute atomic E-state index is 0.0543. The number of hydrogen-bond donors (Lipinski definition) is 2. The van der Waals surface area contributed by atoms with Crippen molar-refractivity contribution in [2.75, 3.05) is 13.1 Å². The molecule has 5 heteroatoms. The second kappa shape index (κ2) is 6.33. The van der Waals surface area contributed by atoms with Gasteiger partial charge in [0.1, 0.15) is 5.52 Å². The minimum atomic E-state index is 0.0543. The predicted octanol–water partition coefficient (Wildman–Crippen LogP) is 1.47. The molecule has 19 heavy (non-hydrogen) atoms. The van der Waals surface area contributed by atoms with Crippen molar-refractivity contribution in [3.63, 3.8) is 0 Å². The molecule has 0 radical (unpaired) electrons. The van der Waals surface area contributed by atoms with Crippen LogP contribution in [0.15, 0.2) is 29.0 Å². The molecule has 0 aliphatic heterocycles. The number of nitrogens with zero attached hydrogens (tertiary/aromatic N) is 1. The Hall–Kier alpha value is -1.88. The third-order valence-electron chi connectivity index (χ3n) is 3.07. The number of benzene rings is 1. The van der Waals surface area contributed by atoms with E-state index in [0.717, 1.165) is 23.1 Å². The molecule has 1 unspecified atom stereocenters. The van der Waals surface area contributed by atoms with Crippen LogP contribution < -0.4 is 11.1 Å². The molecule has 102 valence electrons. The Morgan fingerprint density at radius 2 is 2.37 bits per heavy atom. The molecule has 2 aromatic rings. The summed E-state index contributed by atoms with van der Waals surface area (Å²) in [6, 6.07) is 5.88. The lowest BCUT2D eigenvalue weighted by molar-refractivity contribution is -0.121. The molecular formula is C14H19N3O2. The Morgan fingerprint density at radius 1 is 1.53 bits per heavy atom. The maximum Gasteiger partial charge on any atom is 0.220 e. The first-order valence-electron chi connectivity index (χ1n) is 6.48. The fraction of sp³-hybridized carbons (Fsp3) is 0.429. The number of carbonyl (C=O) groups excluding carboxylic acids is 1. The van der Waals surface area contributed by atoms with Gasteiger partial charge in [0.25, 0.3) is 0 Å². The van der Waals surface area contributed by atoms with Crippen molar-refractivity contribution in [1.82, 2.24) is 10.3 Å². The van der Waals surface area contributed by atoms with E-state index in [2.05, 4.69) is 10.3 Å². The van der Waals surface area contributed by atoms with Gasteiger partial charge in [0, 0.05) is 13.0 Å². The molecule has 5 nitrogen and oxygen atoms in total. The predicted molar refractivity (Wildman–Crippen MR) is 73.6 cm³/mol. The number of aromatic nitrogens is 1. The topological polar surface area (TPSA) is 81.2 Å². The van der Waals surface area contributed by atoms with E-state index < -0.39 is 0 Å². The van der Waals surface area contributed by atoms with Crippen molar-refractivity contribution in [2.45, 2.75) is 19.8 Å². The van der Waals surface area contributed by atoms with Crippen LogP contribution >= 0.6 is 0 Å². The number of fused-ring (bicyclic) bond motifs is 1. The summed E-state index contributed by atoms with van der Waals surface area (Å²) in [5, 5.41) is 2.90. The van der Waals surface area contributed by atoms with Crippen LogP contribution in [0.1, 0.15) is 18.9 Å². The first-order chi connectivity index (χ1) is 9.19. The van der Waals surface area contributed by atoms with E-state index >= 15 is 0 Å². The molecule has 1 atom stereocenters. The Kier molecular flexibility index (Phi) is 4.52. The SMILES string of the molecule is CC(CN)CC(=O)NCCc1ccc2ncoc2c1. The average molecular weight is 261 g/mol. The zero-order valence-corrected chi connectivity index (χ0v) is 11.1. The lowest BCUT2D eigenvalue weighted by atomic mass is 10.1. The van der Waals surface area contributed by atoms with Gasteiger partial charge < -0.3 is 15.5 Å². The largest absolute Gasteiger partial charge is 0.443 e. The number of amides is 1. The van der Waals surface area contributed by atoms with Gasteiger partial charge in [0.15, 0.2) is 12.0 Å².